The monoisotopic (exact) mass is 310 g/mol. The van der Waals surface area contributed by atoms with Crippen molar-refractivity contribution in [2.75, 3.05) is 13.1 Å². The van der Waals surface area contributed by atoms with Gasteiger partial charge >= 0.3 is 0 Å². The molecule has 21 heavy (non-hydrogen) atoms. The number of halogens is 1. The third-order valence-corrected chi connectivity index (χ3v) is 5.42. The van der Waals surface area contributed by atoms with Crippen molar-refractivity contribution in [1.82, 2.24) is 19.3 Å². The van der Waals surface area contributed by atoms with Gasteiger partial charge in [-0.2, -0.15) is 4.31 Å². The lowest BCUT2D eigenvalue weighted by Gasteiger charge is -2.16. The molecule has 6 nitrogen and oxygen atoms in total. The minimum Gasteiger partial charge on any atom is -0.248 e. The standard InChI is InChI=1S/C13H15FN4O2S/c14-13-4-2-1-3-11(13)10-21(19,20)17-7-5-12(9-17)18-8-6-15-16-18/h1-4,6,8,12H,5,7,9-10H2. The lowest BCUT2D eigenvalue weighted by Crippen LogP contribution is -2.30. The topological polar surface area (TPSA) is 68.1 Å². The molecule has 1 aliphatic rings. The molecule has 0 radical (unpaired) electrons. The van der Waals surface area contributed by atoms with E-state index in [1.165, 1.54) is 16.4 Å². The molecule has 1 atom stereocenters. The predicted molar refractivity (Wildman–Crippen MR) is 74.3 cm³/mol. The molecule has 1 fully saturated rings. The molecule has 8 heteroatoms. The van der Waals surface area contributed by atoms with Crippen LogP contribution in [0.5, 0.6) is 0 Å². The van der Waals surface area contributed by atoms with Crippen LogP contribution in [-0.2, 0) is 15.8 Å². The van der Waals surface area contributed by atoms with Crippen molar-refractivity contribution in [1.29, 1.82) is 0 Å². The quantitative estimate of drug-likeness (QED) is 0.851. The molecule has 0 amide bonds. The molecule has 2 heterocycles. The second-order valence-electron chi connectivity index (χ2n) is 5.03. The third kappa shape index (κ3) is 2.96. The lowest BCUT2D eigenvalue weighted by atomic mass is 10.2. The highest BCUT2D eigenvalue weighted by atomic mass is 32.2. The fraction of sp³-hybridized carbons (Fsp3) is 0.385. The van der Waals surface area contributed by atoms with Gasteiger partial charge in [0.05, 0.1) is 18.0 Å². The summed E-state index contributed by atoms with van der Waals surface area (Å²) in [7, 11) is -3.53. The highest BCUT2D eigenvalue weighted by Crippen LogP contribution is 2.25. The molecule has 1 aromatic carbocycles. The SMILES string of the molecule is O=S(=O)(Cc1ccccc1F)N1CCC(n2ccnn2)C1. The van der Waals surface area contributed by atoms with Crippen molar-refractivity contribution in [2.24, 2.45) is 0 Å². The molecule has 1 saturated heterocycles. The van der Waals surface area contributed by atoms with Crippen LogP contribution in [0.4, 0.5) is 4.39 Å². The first-order chi connectivity index (χ1) is 10.1. The average Bonchev–Trinajstić information content (AvgIpc) is 3.11. The average molecular weight is 310 g/mol. The van der Waals surface area contributed by atoms with Gasteiger partial charge in [-0.3, -0.25) is 0 Å². The zero-order chi connectivity index (χ0) is 14.9. The minimum atomic E-state index is -3.53. The first-order valence-corrected chi connectivity index (χ1v) is 8.24. The van der Waals surface area contributed by atoms with Crippen LogP contribution >= 0.6 is 0 Å². The number of nitrogens with zero attached hydrogens (tertiary/aromatic N) is 4. The van der Waals surface area contributed by atoms with E-state index in [0.29, 0.717) is 19.5 Å². The Labute approximate surface area is 122 Å². The van der Waals surface area contributed by atoms with E-state index in [1.807, 2.05) is 0 Å². The second kappa shape index (κ2) is 5.53. The molecule has 1 aliphatic heterocycles. The number of sulfonamides is 1. The normalized spacial score (nSPS) is 20.0. The minimum absolute atomic E-state index is 0.0112. The summed E-state index contributed by atoms with van der Waals surface area (Å²) in [5.74, 6) is -0.808. The molecule has 3 rings (SSSR count). The molecule has 112 valence electrons. The fourth-order valence-electron chi connectivity index (χ4n) is 2.49. The summed E-state index contributed by atoms with van der Waals surface area (Å²) < 4.78 is 41.4. The van der Waals surface area contributed by atoms with E-state index in [9.17, 15) is 12.8 Å². The van der Waals surface area contributed by atoms with Crippen molar-refractivity contribution >= 4 is 10.0 Å². The Morgan fingerprint density at radius 1 is 1.33 bits per heavy atom. The van der Waals surface area contributed by atoms with E-state index in [-0.39, 0.29) is 17.4 Å². The molecule has 0 aliphatic carbocycles. The first kappa shape index (κ1) is 14.2. The van der Waals surface area contributed by atoms with Crippen molar-refractivity contribution in [3.05, 3.63) is 48.0 Å². The first-order valence-electron chi connectivity index (χ1n) is 6.63. The Balaban J connectivity index is 1.73. The van der Waals surface area contributed by atoms with Crippen LogP contribution in [0.3, 0.4) is 0 Å². The van der Waals surface area contributed by atoms with Gasteiger partial charge in [-0.05, 0) is 12.5 Å². The number of aromatic nitrogens is 3. The number of hydrogen-bond acceptors (Lipinski definition) is 4. The Morgan fingerprint density at radius 2 is 2.14 bits per heavy atom. The van der Waals surface area contributed by atoms with Crippen molar-refractivity contribution in [2.45, 2.75) is 18.2 Å². The zero-order valence-corrected chi connectivity index (χ0v) is 12.1. The molecule has 0 saturated carbocycles. The van der Waals surface area contributed by atoms with Crippen LogP contribution in [-0.4, -0.2) is 40.8 Å². The van der Waals surface area contributed by atoms with E-state index < -0.39 is 15.8 Å². The van der Waals surface area contributed by atoms with Crippen molar-refractivity contribution in [3.8, 4) is 0 Å². The van der Waals surface area contributed by atoms with E-state index in [1.54, 1.807) is 29.2 Å². The summed E-state index contributed by atoms with van der Waals surface area (Å²) in [4.78, 5) is 0. The summed E-state index contributed by atoms with van der Waals surface area (Å²) >= 11 is 0. The molecule has 2 aromatic rings. The van der Waals surface area contributed by atoms with Gasteiger partial charge in [0.15, 0.2) is 0 Å². The molecular weight excluding hydrogens is 295 g/mol. The maximum Gasteiger partial charge on any atom is 0.218 e. The Kier molecular flexibility index (Phi) is 3.73. The van der Waals surface area contributed by atoms with Crippen LogP contribution in [0.2, 0.25) is 0 Å². The number of benzene rings is 1. The maximum atomic E-state index is 13.6. The molecule has 1 unspecified atom stereocenters. The predicted octanol–water partition coefficient (Wildman–Crippen LogP) is 1.19. The van der Waals surface area contributed by atoms with E-state index in [2.05, 4.69) is 10.3 Å². The molecule has 0 spiro atoms. The van der Waals surface area contributed by atoms with Gasteiger partial charge in [-0.1, -0.05) is 23.4 Å². The third-order valence-electron chi connectivity index (χ3n) is 3.63. The highest BCUT2D eigenvalue weighted by Gasteiger charge is 2.33. The summed E-state index contributed by atoms with van der Waals surface area (Å²) in [6.45, 7) is 0.765. The van der Waals surface area contributed by atoms with Crippen LogP contribution < -0.4 is 0 Å². The molecule has 1 aromatic heterocycles. The Bertz CT molecular complexity index is 718. The Morgan fingerprint density at radius 3 is 2.86 bits per heavy atom. The smallest absolute Gasteiger partial charge is 0.218 e. The summed E-state index contributed by atoms with van der Waals surface area (Å²) in [5, 5.41) is 7.63. The van der Waals surface area contributed by atoms with Gasteiger partial charge in [-0.25, -0.2) is 17.5 Å². The maximum absolute atomic E-state index is 13.6. The Hall–Kier alpha value is -1.80. The summed E-state index contributed by atoms with van der Waals surface area (Å²) in [6, 6.07) is 5.94. The van der Waals surface area contributed by atoms with Crippen LogP contribution in [0.25, 0.3) is 0 Å². The van der Waals surface area contributed by atoms with Gasteiger partial charge < -0.3 is 0 Å². The summed E-state index contributed by atoms with van der Waals surface area (Å²) in [5.41, 5.74) is 0.196. The number of hydrogen-bond donors (Lipinski definition) is 0. The van der Waals surface area contributed by atoms with Gasteiger partial charge in [0.2, 0.25) is 10.0 Å². The van der Waals surface area contributed by atoms with E-state index >= 15 is 0 Å². The molecule has 0 N–H and O–H groups in total. The number of rotatable bonds is 4. The lowest BCUT2D eigenvalue weighted by molar-refractivity contribution is 0.427. The van der Waals surface area contributed by atoms with Crippen molar-refractivity contribution in [3.63, 3.8) is 0 Å². The molecule has 0 bridgehead atoms. The van der Waals surface area contributed by atoms with Crippen LogP contribution in [0.15, 0.2) is 36.7 Å². The molecular formula is C13H15FN4O2S. The van der Waals surface area contributed by atoms with Gasteiger partial charge in [-0.15, -0.1) is 5.10 Å². The van der Waals surface area contributed by atoms with Gasteiger partial charge in [0, 0.05) is 24.8 Å². The largest absolute Gasteiger partial charge is 0.248 e. The fourth-order valence-corrected chi connectivity index (χ4v) is 4.09. The van der Waals surface area contributed by atoms with Gasteiger partial charge in [0.1, 0.15) is 5.82 Å². The summed E-state index contributed by atoms with van der Waals surface area (Å²) in [6.07, 6.45) is 3.97. The van der Waals surface area contributed by atoms with E-state index in [0.717, 1.165) is 0 Å². The van der Waals surface area contributed by atoms with Gasteiger partial charge in [0.25, 0.3) is 0 Å². The second-order valence-corrected chi connectivity index (χ2v) is 7.00. The van der Waals surface area contributed by atoms with E-state index in [4.69, 9.17) is 0 Å². The highest BCUT2D eigenvalue weighted by molar-refractivity contribution is 7.88. The van der Waals surface area contributed by atoms with Crippen molar-refractivity contribution < 1.29 is 12.8 Å². The van der Waals surface area contributed by atoms with Crippen LogP contribution in [0, 0.1) is 5.82 Å². The van der Waals surface area contributed by atoms with Crippen LogP contribution in [0.1, 0.15) is 18.0 Å². The zero-order valence-electron chi connectivity index (χ0n) is 11.3.